The second-order valence-corrected chi connectivity index (χ2v) is 12.9. The monoisotopic (exact) mass is 663 g/mol. The lowest BCUT2D eigenvalue weighted by Gasteiger charge is -2.52. The highest BCUT2D eigenvalue weighted by atomic mass is 19.2. The first-order valence-electron chi connectivity index (χ1n) is 16.1. The van der Waals surface area contributed by atoms with Crippen LogP contribution in [0.1, 0.15) is 60.3 Å². The molecule has 0 unspecified atom stereocenters. The Balaban J connectivity index is 0.966. The molecule has 2 N–H and O–H groups in total. The van der Waals surface area contributed by atoms with Crippen LogP contribution in [0.25, 0.3) is 11.6 Å². The molecular weight excluding hydrogens is 627 g/mol. The van der Waals surface area contributed by atoms with Crippen LogP contribution in [0.2, 0.25) is 0 Å². The zero-order chi connectivity index (χ0) is 33.3. The summed E-state index contributed by atoms with van der Waals surface area (Å²) in [7, 11) is 1.52. The number of nitrogens with zero attached hydrogens (tertiary/aromatic N) is 5. The fourth-order valence-corrected chi connectivity index (χ4v) is 7.01. The van der Waals surface area contributed by atoms with Gasteiger partial charge >= 0.3 is 0 Å². The fourth-order valence-electron chi connectivity index (χ4n) is 7.01. The quantitative estimate of drug-likeness (QED) is 0.225. The summed E-state index contributed by atoms with van der Waals surface area (Å²) in [6.07, 6.45) is 6.40. The van der Waals surface area contributed by atoms with E-state index in [9.17, 15) is 13.6 Å². The molecule has 2 bridgehead atoms. The molecule has 1 saturated heterocycles. The third-order valence-electron chi connectivity index (χ3n) is 10.1. The number of carbonyl (C=O) groups excluding carboxylic acids is 1. The maximum Gasteiger partial charge on any atom is 0.276 e. The van der Waals surface area contributed by atoms with Crippen LogP contribution in [0.3, 0.4) is 0 Å². The molecule has 2 aromatic carbocycles. The molecule has 0 radical (unpaired) electrons. The van der Waals surface area contributed by atoms with Gasteiger partial charge in [-0.1, -0.05) is 17.3 Å². The molecule has 3 heterocycles. The highest BCUT2D eigenvalue weighted by Crippen LogP contribution is 2.57. The van der Waals surface area contributed by atoms with Crippen LogP contribution in [0.4, 0.5) is 19.1 Å². The lowest BCUT2D eigenvalue weighted by atomic mass is 9.53. The number of fused-ring (bicyclic) bond motifs is 3. The van der Waals surface area contributed by atoms with E-state index in [-0.39, 0.29) is 24.0 Å². The molecule has 1 aliphatic heterocycles. The minimum atomic E-state index is -1.55. The minimum absolute atomic E-state index is 0.198. The normalized spacial score (nSPS) is 22.0. The smallest absolute Gasteiger partial charge is 0.276 e. The predicted molar refractivity (Wildman–Crippen MR) is 168 cm³/mol. The summed E-state index contributed by atoms with van der Waals surface area (Å²) in [5, 5.41) is 10.4. The van der Waals surface area contributed by atoms with Crippen LogP contribution >= 0.6 is 0 Å². The third-order valence-corrected chi connectivity index (χ3v) is 10.1. The van der Waals surface area contributed by atoms with E-state index in [1.165, 1.54) is 7.11 Å². The summed E-state index contributed by atoms with van der Waals surface area (Å²) < 4.78 is 60.8. The van der Waals surface area contributed by atoms with Gasteiger partial charge in [0.15, 0.2) is 23.2 Å². The number of ether oxygens (including phenoxy) is 2. The Morgan fingerprint density at radius 1 is 1.00 bits per heavy atom. The second kappa shape index (κ2) is 13.1. The molecular formula is C34H36F3N7O4. The van der Waals surface area contributed by atoms with Crippen molar-refractivity contribution in [3.8, 4) is 23.1 Å². The number of aromatic nitrogens is 4. The van der Waals surface area contributed by atoms with Gasteiger partial charge in [0.1, 0.15) is 18.1 Å². The Kier molecular flexibility index (Phi) is 8.67. The first kappa shape index (κ1) is 31.9. The van der Waals surface area contributed by atoms with Crippen molar-refractivity contribution in [3.63, 3.8) is 0 Å². The summed E-state index contributed by atoms with van der Waals surface area (Å²) in [5.41, 5.74) is 0.00862. The standard InChI is InChI=1S/C34H36F3N7O4/c1-46-22-4-2-21(3-5-22)19-47-28-24(35)18-23(26(36)27(28)37)29(45)40-20-33-7-10-34(11-8-33,12-9-33)31-42-30(48-43-31)25-6-13-39-32(41-25)44-16-14-38-15-17-44/h2-6,13,18,38H,7-12,14-17,19-20H2,1H3,(H,40,45). The van der Waals surface area contributed by atoms with E-state index in [1.54, 1.807) is 36.5 Å². The lowest BCUT2D eigenvalue weighted by Crippen LogP contribution is -2.49. The molecule has 3 aliphatic carbocycles. The van der Waals surface area contributed by atoms with E-state index in [0.717, 1.165) is 64.7 Å². The number of benzene rings is 2. The topological polar surface area (TPSA) is 128 Å². The molecule has 4 fully saturated rings. The van der Waals surface area contributed by atoms with Crippen LogP contribution in [0.15, 0.2) is 47.1 Å². The number of rotatable bonds is 10. The van der Waals surface area contributed by atoms with Crippen LogP contribution in [-0.4, -0.2) is 65.8 Å². The largest absolute Gasteiger partial charge is 0.497 e. The van der Waals surface area contributed by atoms with Gasteiger partial charge in [0.25, 0.3) is 11.8 Å². The number of hydrogen-bond acceptors (Lipinski definition) is 10. The number of halogens is 3. The van der Waals surface area contributed by atoms with E-state index >= 15 is 4.39 Å². The van der Waals surface area contributed by atoms with Crippen molar-refractivity contribution >= 4 is 11.9 Å². The first-order valence-corrected chi connectivity index (χ1v) is 16.1. The number of amides is 1. The van der Waals surface area contributed by atoms with Crippen molar-refractivity contribution in [1.29, 1.82) is 0 Å². The lowest BCUT2D eigenvalue weighted by molar-refractivity contribution is 0.0334. The Morgan fingerprint density at radius 2 is 1.73 bits per heavy atom. The molecule has 0 spiro atoms. The molecule has 1 amide bonds. The average molecular weight is 664 g/mol. The minimum Gasteiger partial charge on any atom is -0.497 e. The molecule has 11 nitrogen and oxygen atoms in total. The highest BCUT2D eigenvalue weighted by Gasteiger charge is 2.51. The summed E-state index contributed by atoms with van der Waals surface area (Å²) in [6, 6.07) is 9.11. The van der Waals surface area contributed by atoms with Crippen molar-refractivity contribution in [2.24, 2.45) is 5.41 Å². The molecule has 8 rings (SSSR count). The van der Waals surface area contributed by atoms with Crippen LogP contribution in [-0.2, 0) is 12.0 Å². The van der Waals surface area contributed by atoms with Crippen LogP contribution in [0.5, 0.6) is 11.5 Å². The van der Waals surface area contributed by atoms with E-state index in [1.807, 2.05) is 0 Å². The SMILES string of the molecule is COc1ccc(COc2c(F)cc(C(=O)NCC34CCC(c5noc(-c6ccnc(N7CCNCC7)n6)n5)(CC3)CC4)c(F)c2F)cc1. The highest BCUT2D eigenvalue weighted by molar-refractivity contribution is 5.94. The summed E-state index contributed by atoms with van der Waals surface area (Å²) in [5.74, 6) is -3.67. The van der Waals surface area contributed by atoms with Gasteiger partial charge in [0.05, 0.1) is 12.7 Å². The van der Waals surface area contributed by atoms with Crippen molar-refractivity contribution in [2.45, 2.75) is 50.5 Å². The fraction of sp³-hybridized carbons (Fsp3) is 0.441. The first-order chi connectivity index (χ1) is 23.3. The zero-order valence-corrected chi connectivity index (χ0v) is 26.5. The number of methoxy groups -OCH3 is 1. The number of hydrogen-bond donors (Lipinski definition) is 2. The van der Waals surface area contributed by atoms with Crippen LogP contribution < -0.4 is 25.0 Å². The van der Waals surface area contributed by atoms with Gasteiger partial charge in [-0.2, -0.15) is 9.37 Å². The zero-order valence-electron chi connectivity index (χ0n) is 26.5. The number of piperazine rings is 1. The predicted octanol–water partition coefficient (Wildman–Crippen LogP) is 4.96. The van der Waals surface area contributed by atoms with Gasteiger partial charge in [-0.25, -0.2) is 18.7 Å². The van der Waals surface area contributed by atoms with Gasteiger partial charge in [0.2, 0.25) is 11.8 Å². The Bertz CT molecular complexity index is 1770. The van der Waals surface area contributed by atoms with E-state index in [2.05, 4.69) is 30.7 Å². The van der Waals surface area contributed by atoms with E-state index in [4.69, 9.17) is 19.0 Å². The maximum absolute atomic E-state index is 15.0. The molecule has 14 heteroatoms. The molecule has 4 aliphatic rings. The molecule has 252 valence electrons. The Morgan fingerprint density at radius 3 is 2.44 bits per heavy atom. The molecule has 2 aromatic heterocycles. The van der Waals surface area contributed by atoms with Gasteiger partial charge in [-0.15, -0.1) is 0 Å². The van der Waals surface area contributed by atoms with Crippen molar-refractivity contribution < 1.29 is 32.0 Å². The van der Waals surface area contributed by atoms with Gasteiger partial charge < -0.3 is 29.5 Å². The van der Waals surface area contributed by atoms with Gasteiger partial charge in [-0.05, 0) is 73.8 Å². The number of carbonyl (C=O) groups is 1. The van der Waals surface area contributed by atoms with Gasteiger partial charge in [0, 0.05) is 44.3 Å². The van der Waals surface area contributed by atoms with Crippen molar-refractivity contribution in [3.05, 3.63) is 77.0 Å². The second-order valence-electron chi connectivity index (χ2n) is 12.9. The number of anilines is 1. The van der Waals surface area contributed by atoms with Crippen molar-refractivity contribution in [1.82, 2.24) is 30.7 Å². The van der Waals surface area contributed by atoms with E-state index in [0.29, 0.717) is 40.7 Å². The van der Waals surface area contributed by atoms with Crippen molar-refractivity contribution in [2.75, 3.05) is 44.7 Å². The average Bonchev–Trinajstić information content (AvgIpc) is 3.65. The molecule has 4 aromatic rings. The maximum atomic E-state index is 15.0. The van der Waals surface area contributed by atoms with Crippen LogP contribution in [0, 0.1) is 22.9 Å². The molecule has 48 heavy (non-hydrogen) atoms. The molecule has 3 saturated carbocycles. The summed E-state index contributed by atoms with van der Waals surface area (Å²) in [4.78, 5) is 29.0. The Hall–Kier alpha value is -4.72. The number of nitrogens with one attached hydrogen (secondary N) is 2. The van der Waals surface area contributed by atoms with E-state index < -0.39 is 34.7 Å². The Labute approximate surface area is 275 Å². The summed E-state index contributed by atoms with van der Waals surface area (Å²) >= 11 is 0. The third kappa shape index (κ3) is 6.16. The summed E-state index contributed by atoms with van der Waals surface area (Å²) in [6.45, 7) is 3.44. The van der Waals surface area contributed by atoms with Gasteiger partial charge in [-0.3, -0.25) is 4.79 Å². The molecule has 0 atom stereocenters.